The van der Waals surface area contributed by atoms with E-state index in [2.05, 4.69) is 5.32 Å². The number of carboxylic acid groups (broad SMARTS) is 1. The molecule has 0 unspecified atom stereocenters. The predicted octanol–water partition coefficient (Wildman–Crippen LogP) is 4.57. The number of hydrogen-bond donors (Lipinski definition) is 2. The van der Waals surface area contributed by atoms with Crippen molar-refractivity contribution in [2.24, 2.45) is 5.92 Å². The van der Waals surface area contributed by atoms with Gasteiger partial charge in [-0.2, -0.15) is 0 Å². The third-order valence-corrected chi connectivity index (χ3v) is 4.28. The zero-order valence-corrected chi connectivity index (χ0v) is 14.6. The van der Waals surface area contributed by atoms with Gasteiger partial charge in [0.15, 0.2) is 0 Å². The Morgan fingerprint density at radius 1 is 1.12 bits per heavy atom. The van der Waals surface area contributed by atoms with Gasteiger partial charge in [0.25, 0.3) is 0 Å². The molecule has 1 amide bonds. The van der Waals surface area contributed by atoms with Crippen molar-refractivity contribution in [3.8, 4) is 0 Å². The molecule has 0 saturated carbocycles. The van der Waals surface area contributed by atoms with Crippen molar-refractivity contribution in [1.29, 1.82) is 0 Å². The first-order valence-corrected chi connectivity index (χ1v) is 8.14. The second kappa shape index (κ2) is 8.18. The fraction of sp³-hybridized carbons (Fsp3) is 0.222. The molecule has 0 aliphatic heterocycles. The van der Waals surface area contributed by atoms with Crippen molar-refractivity contribution in [3.63, 3.8) is 0 Å². The van der Waals surface area contributed by atoms with Crippen LogP contribution in [0.2, 0.25) is 10.0 Å². The lowest BCUT2D eigenvalue weighted by Crippen LogP contribution is -2.27. The molecule has 0 aliphatic rings. The number of anilines is 1. The molecule has 0 aliphatic carbocycles. The Bertz CT molecular complexity index is 762. The van der Waals surface area contributed by atoms with Gasteiger partial charge in [0.1, 0.15) is 0 Å². The van der Waals surface area contributed by atoms with E-state index in [1.807, 2.05) is 31.2 Å². The van der Waals surface area contributed by atoms with Gasteiger partial charge in [0, 0.05) is 5.69 Å². The molecule has 0 bridgehead atoms. The van der Waals surface area contributed by atoms with Crippen LogP contribution in [0.15, 0.2) is 42.5 Å². The Balaban J connectivity index is 2.15. The molecule has 2 aromatic carbocycles. The summed E-state index contributed by atoms with van der Waals surface area (Å²) in [5, 5.41) is 12.5. The molecule has 0 fully saturated rings. The highest BCUT2D eigenvalue weighted by molar-refractivity contribution is 6.42. The maximum absolute atomic E-state index is 12.5. The van der Waals surface area contributed by atoms with Gasteiger partial charge in [-0.3, -0.25) is 9.59 Å². The minimum Gasteiger partial charge on any atom is -0.481 e. The first-order valence-electron chi connectivity index (χ1n) is 7.38. The standard InChI is InChI=1S/C18H17Cl2NO3/c1-11-3-2-4-12(7-11)8-13(9-17(22)23)18(24)21-14-5-6-15(19)16(20)10-14/h2-7,10,13H,8-9H2,1H3,(H,21,24)(H,22,23)/t13-/m1/s1. The molecule has 2 aromatic rings. The number of aryl methyl sites for hydroxylation is 1. The monoisotopic (exact) mass is 365 g/mol. The van der Waals surface area contributed by atoms with Crippen LogP contribution in [0.3, 0.4) is 0 Å². The van der Waals surface area contributed by atoms with E-state index in [4.69, 9.17) is 28.3 Å². The fourth-order valence-corrected chi connectivity index (χ4v) is 2.71. The van der Waals surface area contributed by atoms with Crippen LogP contribution in [0, 0.1) is 12.8 Å². The molecule has 2 N–H and O–H groups in total. The highest BCUT2D eigenvalue weighted by atomic mass is 35.5. The Hall–Kier alpha value is -2.04. The van der Waals surface area contributed by atoms with E-state index < -0.39 is 11.9 Å². The number of carbonyl (C=O) groups is 2. The van der Waals surface area contributed by atoms with Crippen molar-refractivity contribution >= 4 is 40.8 Å². The molecule has 6 heteroatoms. The Morgan fingerprint density at radius 3 is 2.50 bits per heavy atom. The molecule has 0 aromatic heterocycles. The lowest BCUT2D eigenvalue weighted by molar-refractivity contribution is -0.140. The van der Waals surface area contributed by atoms with Crippen molar-refractivity contribution in [2.45, 2.75) is 19.8 Å². The second-order valence-electron chi connectivity index (χ2n) is 5.61. The van der Waals surface area contributed by atoms with Crippen LogP contribution in [0.4, 0.5) is 5.69 Å². The minimum absolute atomic E-state index is 0.249. The third kappa shape index (κ3) is 5.25. The summed E-state index contributed by atoms with van der Waals surface area (Å²) in [5.74, 6) is -2.06. The average molecular weight is 366 g/mol. The first kappa shape index (κ1) is 18.3. The van der Waals surface area contributed by atoms with Gasteiger partial charge in [-0.05, 0) is 37.1 Å². The SMILES string of the molecule is Cc1cccc(C[C@H](CC(=O)O)C(=O)Nc2ccc(Cl)c(Cl)c2)c1. The highest BCUT2D eigenvalue weighted by Crippen LogP contribution is 2.26. The zero-order valence-electron chi connectivity index (χ0n) is 13.1. The van der Waals surface area contributed by atoms with Crippen LogP contribution >= 0.6 is 23.2 Å². The fourth-order valence-electron chi connectivity index (χ4n) is 2.41. The van der Waals surface area contributed by atoms with E-state index in [-0.39, 0.29) is 12.3 Å². The van der Waals surface area contributed by atoms with Gasteiger partial charge in [-0.1, -0.05) is 53.0 Å². The van der Waals surface area contributed by atoms with Crippen LogP contribution in [0.25, 0.3) is 0 Å². The highest BCUT2D eigenvalue weighted by Gasteiger charge is 2.22. The number of amides is 1. The second-order valence-corrected chi connectivity index (χ2v) is 6.42. The molecule has 0 radical (unpaired) electrons. The number of hydrogen-bond acceptors (Lipinski definition) is 2. The van der Waals surface area contributed by atoms with E-state index in [1.165, 1.54) is 6.07 Å². The summed E-state index contributed by atoms with van der Waals surface area (Å²) in [5.41, 5.74) is 2.46. The first-order chi connectivity index (χ1) is 11.3. The number of carbonyl (C=O) groups excluding carboxylic acids is 1. The summed E-state index contributed by atoms with van der Waals surface area (Å²) in [6, 6.07) is 12.4. The van der Waals surface area contributed by atoms with Gasteiger partial charge < -0.3 is 10.4 Å². The van der Waals surface area contributed by atoms with Gasteiger partial charge in [-0.15, -0.1) is 0 Å². The number of benzene rings is 2. The quantitative estimate of drug-likeness (QED) is 0.787. The average Bonchev–Trinajstić information content (AvgIpc) is 2.50. The predicted molar refractivity (Wildman–Crippen MR) is 95.7 cm³/mol. The summed E-state index contributed by atoms with van der Waals surface area (Å²) >= 11 is 11.8. The van der Waals surface area contributed by atoms with Crippen LogP contribution in [-0.2, 0) is 16.0 Å². The van der Waals surface area contributed by atoms with E-state index in [0.717, 1.165) is 11.1 Å². The van der Waals surface area contributed by atoms with E-state index in [1.54, 1.807) is 12.1 Å². The van der Waals surface area contributed by atoms with E-state index in [0.29, 0.717) is 22.2 Å². The Kier molecular flexibility index (Phi) is 6.23. The number of aliphatic carboxylic acids is 1. The summed E-state index contributed by atoms with van der Waals surface area (Å²) in [6.45, 7) is 1.95. The van der Waals surface area contributed by atoms with Crippen molar-refractivity contribution in [3.05, 3.63) is 63.6 Å². The maximum Gasteiger partial charge on any atom is 0.304 e. The molecule has 126 valence electrons. The summed E-state index contributed by atoms with van der Waals surface area (Å²) in [4.78, 5) is 23.6. The molecule has 0 saturated heterocycles. The number of nitrogens with one attached hydrogen (secondary N) is 1. The summed E-state index contributed by atoms with van der Waals surface area (Å²) < 4.78 is 0. The molecule has 1 atom stereocenters. The lowest BCUT2D eigenvalue weighted by Gasteiger charge is -2.16. The zero-order chi connectivity index (χ0) is 17.7. The topological polar surface area (TPSA) is 66.4 Å². The lowest BCUT2D eigenvalue weighted by atomic mass is 9.94. The van der Waals surface area contributed by atoms with Crippen molar-refractivity contribution < 1.29 is 14.7 Å². The molecule has 0 spiro atoms. The largest absolute Gasteiger partial charge is 0.481 e. The summed E-state index contributed by atoms with van der Waals surface area (Å²) in [7, 11) is 0. The normalized spacial score (nSPS) is 11.8. The van der Waals surface area contributed by atoms with Gasteiger partial charge in [0.2, 0.25) is 5.91 Å². The van der Waals surface area contributed by atoms with E-state index in [9.17, 15) is 9.59 Å². The molecular formula is C18H17Cl2NO3. The van der Waals surface area contributed by atoms with Gasteiger partial charge in [-0.25, -0.2) is 0 Å². The molecule has 4 nitrogen and oxygen atoms in total. The van der Waals surface area contributed by atoms with Crippen molar-refractivity contribution in [2.75, 3.05) is 5.32 Å². The summed E-state index contributed by atoms with van der Waals surface area (Å²) in [6.07, 6.45) is 0.0994. The van der Waals surface area contributed by atoms with Gasteiger partial charge >= 0.3 is 5.97 Å². The Morgan fingerprint density at radius 2 is 1.88 bits per heavy atom. The molecule has 2 rings (SSSR count). The van der Waals surface area contributed by atoms with E-state index >= 15 is 0 Å². The van der Waals surface area contributed by atoms with Crippen LogP contribution in [0.5, 0.6) is 0 Å². The molecular weight excluding hydrogens is 349 g/mol. The minimum atomic E-state index is -1.02. The van der Waals surface area contributed by atoms with Crippen LogP contribution in [-0.4, -0.2) is 17.0 Å². The molecule has 24 heavy (non-hydrogen) atoms. The van der Waals surface area contributed by atoms with Gasteiger partial charge in [0.05, 0.1) is 22.4 Å². The van der Waals surface area contributed by atoms with Crippen LogP contribution < -0.4 is 5.32 Å². The Labute approximate surface area is 150 Å². The maximum atomic E-state index is 12.5. The molecule has 0 heterocycles. The van der Waals surface area contributed by atoms with Crippen molar-refractivity contribution in [1.82, 2.24) is 0 Å². The number of halogens is 2. The number of rotatable bonds is 6. The van der Waals surface area contributed by atoms with Crippen LogP contribution in [0.1, 0.15) is 17.5 Å². The third-order valence-electron chi connectivity index (χ3n) is 3.54. The smallest absolute Gasteiger partial charge is 0.304 e. The number of carboxylic acids is 1.